The largest absolute Gasteiger partial charge is 0.496 e. The highest BCUT2D eigenvalue weighted by Crippen LogP contribution is 2.31. The molecule has 0 spiro atoms. The van der Waals surface area contributed by atoms with Crippen molar-refractivity contribution in [3.8, 4) is 5.75 Å². The van der Waals surface area contributed by atoms with Gasteiger partial charge in [0.25, 0.3) is 0 Å². The van der Waals surface area contributed by atoms with Gasteiger partial charge in [0.05, 0.1) is 7.11 Å². The number of halogens is 1. The van der Waals surface area contributed by atoms with E-state index in [4.69, 9.17) is 16.3 Å². The fourth-order valence-electron chi connectivity index (χ4n) is 1.91. The summed E-state index contributed by atoms with van der Waals surface area (Å²) in [6, 6.07) is 5.80. The monoisotopic (exact) mass is 269 g/mol. The molecule has 1 aromatic rings. The molecular formula is C15H24ClNO. The van der Waals surface area contributed by atoms with Gasteiger partial charge in [-0.3, -0.25) is 0 Å². The van der Waals surface area contributed by atoms with Crippen LogP contribution in [0, 0.1) is 0 Å². The van der Waals surface area contributed by atoms with Crippen molar-refractivity contribution in [2.24, 2.45) is 0 Å². The second-order valence-electron chi connectivity index (χ2n) is 5.75. The highest BCUT2D eigenvalue weighted by molar-refractivity contribution is 6.30. The van der Waals surface area contributed by atoms with Crippen LogP contribution in [0.2, 0.25) is 5.02 Å². The lowest BCUT2D eigenvalue weighted by molar-refractivity contribution is 0.395. The number of nitrogens with one attached hydrogen (secondary N) is 1. The summed E-state index contributed by atoms with van der Waals surface area (Å²) in [6.45, 7) is 9.73. The maximum Gasteiger partial charge on any atom is 0.122 e. The minimum atomic E-state index is 0.165. The molecule has 0 saturated heterocycles. The molecule has 0 aliphatic heterocycles. The van der Waals surface area contributed by atoms with Gasteiger partial charge in [0.15, 0.2) is 0 Å². The van der Waals surface area contributed by atoms with E-state index in [0.29, 0.717) is 5.92 Å². The van der Waals surface area contributed by atoms with E-state index < -0.39 is 0 Å². The predicted molar refractivity (Wildman–Crippen MR) is 78.8 cm³/mol. The molecule has 0 heterocycles. The summed E-state index contributed by atoms with van der Waals surface area (Å²) in [5.74, 6) is 1.34. The standard InChI is InChI=1S/C15H24ClNO/c1-11(8-9-17-15(2,3)4)13-10-12(16)6-7-14(13)18-5/h6-7,10-11,17H,8-9H2,1-5H3. The quantitative estimate of drug-likeness (QED) is 0.864. The topological polar surface area (TPSA) is 21.3 Å². The Bertz CT molecular complexity index is 385. The zero-order valence-electron chi connectivity index (χ0n) is 12.0. The van der Waals surface area contributed by atoms with Gasteiger partial charge in [0, 0.05) is 10.6 Å². The summed E-state index contributed by atoms with van der Waals surface area (Å²) in [7, 11) is 1.70. The number of methoxy groups -OCH3 is 1. The molecular weight excluding hydrogens is 246 g/mol. The van der Waals surface area contributed by atoms with E-state index in [1.54, 1.807) is 7.11 Å². The van der Waals surface area contributed by atoms with E-state index in [1.807, 2.05) is 18.2 Å². The number of ether oxygens (including phenoxy) is 1. The van der Waals surface area contributed by atoms with Crippen LogP contribution in [0.25, 0.3) is 0 Å². The van der Waals surface area contributed by atoms with Crippen molar-refractivity contribution in [2.75, 3.05) is 13.7 Å². The van der Waals surface area contributed by atoms with E-state index in [9.17, 15) is 0 Å². The molecule has 1 rings (SSSR count). The first-order valence-electron chi connectivity index (χ1n) is 6.42. The van der Waals surface area contributed by atoms with Crippen LogP contribution in [-0.4, -0.2) is 19.2 Å². The maximum absolute atomic E-state index is 6.05. The molecule has 0 amide bonds. The van der Waals surface area contributed by atoms with Crippen LogP contribution in [0.5, 0.6) is 5.75 Å². The first kappa shape index (κ1) is 15.3. The molecule has 0 bridgehead atoms. The van der Waals surface area contributed by atoms with Crippen LogP contribution in [0.4, 0.5) is 0 Å². The predicted octanol–water partition coefficient (Wildman–Crippen LogP) is 4.23. The Morgan fingerprint density at radius 2 is 2.00 bits per heavy atom. The Morgan fingerprint density at radius 1 is 1.33 bits per heavy atom. The fraction of sp³-hybridized carbons (Fsp3) is 0.600. The zero-order chi connectivity index (χ0) is 13.8. The molecule has 0 aromatic heterocycles. The third-order valence-corrected chi connectivity index (χ3v) is 3.19. The molecule has 1 N–H and O–H groups in total. The zero-order valence-corrected chi connectivity index (χ0v) is 12.8. The van der Waals surface area contributed by atoms with Crippen molar-refractivity contribution in [1.82, 2.24) is 5.32 Å². The van der Waals surface area contributed by atoms with Gasteiger partial charge in [-0.2, -0.15) is 0 Å². The van der Waals surface area contributed by atoms with E-state index in [1.165, 1.54) is 5.56 Å². The second-order valence-corrected chi connectivity index (χ2v) is 6.19. The Labute approximate surface area is 116 Å². The Balaban J connectivity index is 2.66. The number of rotatable bonds is 5. The van der Waals surface area contributed by atoms with Crippen LogP contribution < -0.4 is 10.1 Å². The summed E-state index contributed by atoms with van der Waals surface area (Å²) in [5.41, 5.74) is 1.35. The maximum atomic E-state index is 6.05. The smallest absolute Gasteiger partial charge is 0.122 e. The Kier molecular flexibility index (Phi) is 5.48. The number of benzene rings is 1. The Hall–Kier alpha value is -0.730. The van der Waals surface area contributed by atoms with Crippen molar-refractivity contribution in [1.29, 1.82) is 0 Å². The molecule has 0 fully saturated rings. The van der Waals surface area contributed by atoms with Gasteiger partial charge in [-0.15, -0.1) is 0 Å². The minimum Gasteiger partial charge on any atom is -0.496 e. The summed E-state index contributed by atoms with van der Waals surface area (Å²) in [6.07, 6.45) is 1.06. The van der Waals surface area contributed by atoms with Gasteiger partial charge in [0.2, 0.25) is 0 Å². The molecule has 0 radical (unpaired) electrons. The average molecular weight is 270 g/mol. The van der Waals surface area contributed by atoms with Crippen molar-refractivity contribution in [3.63, 3.8) is 0 Å². The molecule has 0 aliphatic carbocycles. The van der Waals surface area contributed by atoms with Gasteiger partial charge >= 0.3 is 0 Å². The molecule has 1 aromatic carbocycles. The lowest BCUT2D eigenvalue weighted by Crippen LogP contribution is -2.36. The van der Waals surface area contributed by atoms with Gasteiger partial charge in [-0.1, -0.05) is 18.5 Å². The van der Waals surface area contributed by atoms with Crippen LogP contribution in [0.1, 0.15) is 45.6 Å². The average Bonchev–Trinajstić information content (AvgIpc) is 2.27. The third-order valence-electron chi connectivity index (χ3n) is 2.96. The summed E-state index contributed by atoms with van der Waals surface area (Å²) < 4.78 is 5.39. The van der Waals surface area contributed by atoms with Gasteiger partial charge < -0.3 is 10.1 Å². The highest BCUT2D eigenvalue weighted by atomic mass is 35.5. The molecule has 3 heteroatoms. The molecule has 102 valence electrons. The van der Waals surface area contributed by atoms with Gasteiger partial charge in [-0.05, 0) is 63.4 Å². The normalized spacial score (nSPS) is 13.4. The Morgan fingerprint density at radius 3 is 2.56 bits per heavy atom. The number of hydrogen-bond donors (Lipinski definition) is 1. The van der Waals surface area contributed by atoms with Crippen molar-refractivity contribution in [2.45, 2.75) is 45.6 Å². The second kappa shape index (κ2) is 6.44. The van der Waals surface area contributed by atoms with Crippen molar-refractivity contribution in [3.05, 3.63) is 28.8 Å². The highest BCUT2D eigenvalue weighted by Gasteiger charge is 2.14. The SMILES string of the molecule is COc1ccc(Cl)cc1C(C)CCNC(C)(C)C. The van der Waals surface area contributed by atoms with Crippen LogP contribution in [0.15, 0.2) is 18.2 Å². The molecule has 1 unspecified atom stereocenters. The van der Waals surface area contributed by atoms with Crippen LogP contribution in [0.3, 0.4) is 0 Å². The molecule has 18 heavy (non-hydrogen) atoms. The van der Waals surface area contributed by atoms with E-state index in [2.05, 4.69) is 33.0 Å². The van der Waals surface area contributed by atoms with Gasteiger partial charge in [0.1, 0.15) is 5.75 Å². The fourth-order valence-corrected chi connectivity index (χ4v) is 2.09. The van der Waals surface area contributed by atoms with Crippen molar-refractivity contribution >= 4 is 11.6 Å². The minimum absolute atomic E-state index is 0.165. The number of hydrogen-bond acceptors (Lipinski definition) is 2. The van der Waals surface area contributed by atoms with E-state index >= 15 is 0 Å². The van der Waals surface area contributed by atoms with E-state index in [-0.39, 0.29) is 5.54 Å². The first-order valence-corrected chi connectivity index (χ1v) is 6.80. The summed E-state index contributed by atoms with van der Waals surface area (Å²) in [5, 5.41) is 4.27. The third kappa shape index (κ3) is 4.87. The molecule has 0 saturated carbocycles. The van der Waals surface area contributed by atoms with Crippen LogP contribution >= 0.6 is 11.6 Å². The molecule has 2 nitrogen and oxygen atoms in total. The molecule has 0 aliphatic rings. The first-order chi connectivity index (χ1) is 8.33. The van der Waals surface area contributed by atoms with Crippen LogP contribution in [-0.2, 0) is 0 Å². The lowest BCUT2D eigenvalue weighted by Gasteiger charge is -2.22. The van der Waals surface area contributed by atoms with E-state index in [0.717, 1.165) is 23.7 Å². The molecule has 1 atom stereocenters. The lowest BCUT2D eigenvalue weighted by atomic mass is 9.96. The summed E-state index contributed by atoms with van der Waals surface area (Å²) in [4.78, 5) is 0. The van der Waals surface area contributed by atoms with Crippen molar-refractivity contribution < 1.29 is 4.74 Å². The summed E-state index contributed by atoms with van der Waals surface area (Å²) >= 11 is 6.05. The van der Waals surface area contributed by atoms with Gasteiger partial charge in [-0.25, -0.2) is 0 Å².